The summed E-state index contributed by atoms with van der Waals surface area (Å²) in [5.41, 5.74) is 0. The lowest BCUT2D eigenvalue weighted by molar-refractivity contribution is -0.117. The zero-order valence-corrected chi connectivity index (χ0v) is 8.46. The molecule has 72 valence electrons. The van der Waals surface area contributed by atoms with Crippen LogP contribution < -0.4 is 0 Å². The van der Waals surface area contributed by atoms with Crippen molar-refractivity contribution in [1.29, 1.82) is 0 Å². The van der Waals surface area contributed by atoms with E-state index in [-0.39, 0.29) is 5.78 Å². The van der Waals surface area contributed by atoms with Gasteiger partial charge in [-0.05, 0) is 20.9 Å². The van der Waals surface area contributed by atoms with Crippen LogP contribution in [0, 0.1) is 0 Å². The van der Waals surface area contributed by atoms with E-state index >= 15 is 0 Å². The van der Waals surface area contributed by atoms with Crippen LogP contribution in [-0.4, -0.2) is 44.0 Å². The number of carbonyl (C=O) groups is 1. The molecule has 0 fully saturated rings. The SMILES string of the molecule is COCC(C)N(C)CCC(C)=O. The minimum Gasteiger partial charge on any atom is -0.383 e. The van der Waals surface area contributed by atoms with Gasteiger partial charge in [0.25, 0.3) is 0 Å². The molecule has 0 aromatic carbocycles. The van der Waals surface area contributed by atoms with E-state index in [0.29, 0.717) is 19.1 Å². The Balaban J connectivity index is 3.55. The van der Waals surface area contributed by atoms with E-state index in [1.54, 1.807) is 14.0 Å². The van der Waals surface area contributed by atoms with Gasteiger partial charge in [-0.25, -0.2) is 0 Å². The second-order valence-electron chi connectivity index (χ2n) is 3.24. The Morgan fingerprint density at radius 2 is 2.17 bits per heavy atom. The number of Topliss-reactive ketones (excluding diaryl/α,β-unsaturated/α-hetero) is 1. The minimum absolute atomic E-state index is 0.242. The molecule has 0 radical (unpaired) electrons. The maximum absolute atomic E-state index is 10.7. The van der Waals surface area contributed by atoms with Gasteiger partial charge in [0.15, 0.2) is 0 Å². The second-order valence-corrected chi connectivity index (χ2v) is 3.24. The molecule has 0 aromatic heterocycles. The Morgan fingerprint density at radius 3 is 2.58 bits per heavy atom. The molecule has 0 saturated heterocycles. The van der Waals surface area contributed by atoms with Crippen LogP contribution in [0.15, 0.2) is 0 Å². The van der Waals surface area contributed by atoms with Gasteiger partial charge in [-0.15, -0.1) is 0 Å². The molecule has 0 heterocycles. The standard InChI is InChI=1S/C9H19NO2/c1-8(7-12-4)10(3)6-5-9(2)11/h8H,5-7H2,1-4H3. The van der Waals surface area contributed by atoms with Crippen LogP contribution in [0.4, 0.5) is 0 Å². The van der Waals surface area contributed by atoms with Crippen molar-refractivity contribution in [2.45, 2.75) is 26.3 Å². The molecular weight excluding hydrogens is 154 g/mol. The summed E-state index contributed by atoms with van der Waals surface area (Å²) in [4.78, 5) is 12.8. The zero-order chi connectivity index (χ0) is 9.56. The molecule has 0 aliphatic heterocycles. The highest BCUT2D eigenvalue weighted by Gasteiger charge is 2.08. The van der Waals surface area contributed by atoms with Crippen LogP contribution in [0.1, 0.15) is 20.3 Å². The zero-order valence-electron chi connectivity index (χ0n) is 8.46. The van der Waals surface area contributed by atoms with E-state index in [2.05, 4.69) is 11.8 Å². The predicted octanol–water partition coefficient (Wildman–Crippen LogP) is 0.932. The van der Waals surface area contributed by atoms with E-state index in [0.717, 1.165) is 6.54 Å². The first kappa shape index (κ1) is 11.6. The fraction of sp³-hybridized carbons (Fsp3) is 0.889. The summed E-state index contributed by atoms with van der Waals surface area (Å²) in [5, 5.41) is 0. The number of rotatable bonds is 6. The third-order valence-corrected chi connectivity index (χ3v) is 1.98. The van der Waals surface area contributed by atoms with E-state index in [1.165, 1.54) is 0 Å². The van der Waals surface area contributed by atoms with Gasteiger partial charge in [0.05, 0.1) is 6.61 Å². The summed E-state index contributed by atoms with van der Waals surface area (Å²) in [5.74, 6) is 0.242. The molecule has 0 aromatic rings. The van der Waals surface area contributed by atoms with Crippen molar-refractivity contribution in [1.82, 2.24) is 4.90 Å². The van der Waals surface area contributed by atoms with Crippen LogP contribution in [0.25, 0.3) is 0 Å². The highest BCUT2D eigenvalue weighted by molar-refractivity contribution is 5.75. The van der Waals surface area contributed by atoms with Gasteiger partial charge in [-0.3, -0.25) is 4.79 Å². The number of hydrogen-bond donors (Lipinski definition) is 0. The van der Waals surface area contributed by atoms with Gasteiger partial charge < -0.3 is 9.64 Å². The van der Waals surface area contributed by atoms with Crippen LogP contribution in [-0.2, 0) is 9.53 Å². The predicted molar refractivity (Wildman–Crippen MR) is 49.3 cm³/mol. The third-order valence-electron chi connectivity index (χ3n) is 1.98. The van der Waals surface area contributed by atoms with Crippen LogP contribution in [0.2, 0.25) is 0 Å². The highest BCUT2D eigenvalue weighted by Crippen LogP contribution is 1.97. The summed E-state index contributed by atoms with van der Waals surface area (Å²) in [7, 11) is 3.70. The Bertz CT molecular complexity index is 136. The van der Waals surface area contributed by atoms with Crippen LogP contribution in [0.5, 0.6) is 0 Å². The Hall–Kier alpha value is -0.410. The molecule has 0 aliphatic rings. The van der Waals surface area contributed by atoms with Crippen molar-refractivity contribution in [2.24, 2.45) is 0 Å². The van der Waals surface area contributed by atoms with Crippen molar-refractivity contribution in [2.75, 3.05) is 27.3 Å². The number of methoxy groups -OCH3 is 1. The maximum Gasteiger partial charge on any atom is 0.131 e. The normalized spacial score (nSPS) is 13.4. The molecule has 0 rings (SSSR count). The number of nitrogens with zero attached hydrogens (tertiary/aromatic N) is 1. The van der Waals surface area contributed by atoms with Crippen molar-refractivity contribution in [3.63, 3.8) is 0 Å². The second kappa shape index (κ2) is 6.14. The van der Waals surface area contributed by atoms with Crippen molar-refractivity contribution in [3.8, 4) is 0 Å². The lowest BCUT2D eigenvalue weighted by Gasteiger charge is -2.23. The molecular formula is C9H19NO2. The molecule has 3 heteroatoms. The molecule has 1 atom stereocenters. The quantitative estimate of drug-likeness (QED) is 0.598. The van der Waals surface area contributed by atoms with E-state index < -0.39 is 0 Å². The van der Waals surface area contributed by atoms with Gasteiger partial charge in [-0.1, -0.05) is 0 Å². The lowest BCUT2D eigenvalue weighted by atomic mass is 10.2. The van der Waals surface area contributed by atoms with Gasteiger partial charge >= 0.3 is 0 Å². The van der Waals surface area contributed by atoms with Gasteiger partial charge in [0, 0.05) is 26.1 Å². The number of ketones is 1. The number of carbonyl (C=O) groups excluding carboxylic acids is 1. The van der Waals surface area contributed by atoms with Gasteiger partial charge in [0.1, 0.15) is 5.78 Å². The van der Waals surface area contributed by atoms with Gasteiger partial charge in [-0.2, -0.15) is 0 Å². The summed E-state index contributed by atoms with van der Waals surface area (Å²) in [6.45, 7) is 5.24. The van der Waals surface area contributed by atoms with Crippen molar-refractivity contribution in [3.05, 3.63) is 0 Å². The molecule has 0 bridgehead atoms. The first-order chi connectivity index (χ1) is 5.57. The Labute approximate surface area is 74.7 Å². The number of likely N-dealkylation sites (N-methyl/N-ethyl adjacent to an activating group) is 1. The van der Waals surface area contributed by atoms with Crippen molar-refractivity contribution < 1.29 is 9.53 Å². The molecule has 0 amide bonds. The smallest absolute Gasteiger partial charge is 0.131 e. The Morgan fingerprint density at radius 1 is 1.58 bits per heavy atom. The van der Waals surface area contributed by atoms with Crippen LogP contribution >= 0.6 is 0 Å². The molecule has 0 saturated carbocycles. The average Bonchev–Trinajstić information content (AvgIpc) is 2.00. The molecule has 0 N–H and O–H groups in total. The number of hydrogen-bond acceptors (Lipinski definition) is 3. The van der Waals surface area contributed by atoms with E-state index in [1.807, 2.05) is 7.05 Å². The largest absolute Gasteiger partial charge is 0.383 e. The van der Waals surface area contributed by atoms with Crippen molar-refractivity contribution >= 4 is 5.78 Å². The topological polar surface area (TPSA) is 29.5 Å². The first-order valence-electron chi connectivity index (χ1n) is 4.26. The van der Waals surface area contributed by atoms with E-state index in [4.69, 9.17) is 4.74 Å². The minimum atomic E-state index is 0.242. The maximum atomic E-state index is 10.7. The summed E-state index contributed by atoms with van der Waals surface area (Å²) in [6, 6.07) is 0.384. The molecule has 0 aliphatic carbocycles. The van der Waals surface area contributed by atoms with E-state index in [9.17, 15) is 4.79 Å². The fourth-order valence-electron chi connectivity index (χ4n) is 0.923. The van der Waals surface area contributed by atoms with Gasteiger partial charge in [0.2, 0.25) is 0 Å². The molecule has 0 spiro atoms. The summed E-state index contributed by atoms with van der Waals surface area (Å²) < 4.78 is 5.00. The third kappa shape index (κ3) is 5.27. The fourth-order valence-corrected chi connectivity index (χ4v) is 0.923. The molecule has 1 unspecified atom stereocenters. The Kier molecular flexibility index (Phi) is 5.93. The first-order valence-corrected chi connectivity index (χ1v) is 4.26. The molecule has 3 nitrogen and oxygen atoms in total. The summed E-state index contributed by atoms with van der Waals surface area (Å²) in [6.07, 6.45) is 0.630. The average molecular weight is 173 g/mol. The molecule has 12 heavy (non-hydrogen) atoms. The van der Waals surface area contributed by atoms with Crippen LogP contribution in [0.3, 0.4) is 0 Å². The highest BCUT2D eigenvalue weighted by atomic mass is 16.5. The summed E-state index contributed by atoms with van der Waals surface area (Å²) >= 11 is 0. The monoisotopic (exact) mass is 173 g/mol. The number of ether oxygens (including phenoxy) is 1. The lowest BCUT2D eigenvalue weighted by Crippen LogP contribution is -2.34.